The van der Waals surface area contributed by atoms with E-state index >= 15 is 0 Å². The number of carbonyl (C=O) groups is 2. The summed E-state index contributed by atoms with van der Waals surface area (Å²) in [5, 5.41) is 6.11. The van der Waals surface area contributed by atoms with Crippen molar-refractivity contribution in [3.63, 3.8) is 0 Å². The average Bonchev–Trinajstić information content (AvgIpc) is 2.61. The maximum Gasteiger partial charge on any atom is 0.254 e. The Bertz CT molecular complexity index is 912. The minimum Gasteiger partial charge on any atom is -0.495 e. The number of rotatable bonds is 4. The van der Waals surface area contributed by atoms with Gasteiger partial charge < -0.3 is 15.4 Å². The van der Waals surface area contributed by atoms with E-state index in [4.69, 9.17) is 4.74 Å². The van der Waals surface area contributed by atoms with Gasteiger partial charge in [-0.2, -0.15) is 0 Å². The van der Waals surface area contributed by atoms with E-state index in [1.165, 1.54) is 42.6 Å². The molecule has 2 amide bonds. The predicted molar refractivity (Wildman–Crippen MR) is 98.6 cm³/mol. The van der Waals surface area contributed by atoms with E-state index in [1.807, 2.05) is 0 Å². The van der Waals surface area contributed by atoms with E-state index in [0.717, 1.165) is 0 Å². The van der Waals surface area contributed by atoms with E-state index in [2.05, 4.69) is 15.6 Å². The molecule has 0 saturated heterocycles. The Labute approximate surface area is 154 Å². The van der Waals surface area contributed by atoms with Gasteiger partial charge in [-0.15, -0.1) is 0 Å². The third-order valence-electron chi connectivity index (χ3n) is 3.86. The quantitative estimate of drug-likeness (QED) is 0.788. The molecule has 1 aliphatic rings. The molecule has 9 heteroatoms. The monoisotopic (exact) mass is 374 g/mol. The SMILES string of the molecule is COc1ccc(NC(C)=O)cc1NC(=O)C1CSc2nccc(=O)n2C1. The second kappa shape index (κ2) is 7.61. The molecule has 2 N–H and O–H groups in total. The van der Waals surface area contributed by atoms with Gasteiger partial charge in [0.25, 0.3) is 5.56 Å². The summed E-state index contributed by atoms with van der Waals surface area (Å²) in [6.07, 6.45) is 1.47. The standard InChI is InChI=1S/C17H18N4O4S/c1-10(22)19-12-3-4-14(25-2)13(7-12)20-16(24)11-8-21-15(23)5-6-18-17(21)26-9-11/h3-7,11H,8-9H2,1-2H3,(H,19,22)(H,20,24). The molecule has 8 nitrogen and oxygen atoms in total. The molecule has 0 bridgehead atoms. The van der Waals surface area contributed by atoms with E-state index in [0.29, 0.717) is 28.0 Å². The van der Waals surface area contributed by atoms with Crippen molar-refractivity contribution in [1.82, 2.24) is 9.55 Å². The number of nitrogens with one attached hydrogen (secondary N) is 2. The molecule has 1 aliphatic heterocycles. The van der Waals surface area contributed by atoms with Crippen LogP contribution in [0, 0.1) is 5.92 Å². The Morgan fingerprint density at radius 3 is 2.85 bits per heavy atom. The van der Waals surface area contributed by atoms with Crippen molar-refractivity contribution in [3.05, 3.63) is 40.8 Å². The summed E-state index contributed by atoms with van der Waals surface area (Å²) < 4.78 is 6.77. The number of benzene rings is 1. The molecule has 1 aromatic carbocycles. The highest BCUT2D eigenvalue weighted by Gasteiger charge is 2.27. The van der Waals surface area contributed by atoms with Gasteiger partial charge in [0.1, 0.15) is 5.75 Å². The molecule has 1 aromatic heterocycles. The van der Waals surface area contributed by atoms with Crippen LogP contribution in [0.3, 0.4) is 0 Å². The molecule has 3 rings (SSSR count). The normalized spacial score (nSPS) is 15.7. The molecular weight excluding hydrogens is 356 g/mol. The topological polar surface area (TPSA) is 102 Å². The number of methoxy groups -OCH3 is 1. The van der Waals surface area contributed by atoms with Crippen LogP contribution >= 0.6 is 11.8 Å². The number of amides is 2. The van der Waals surface area contributed by atoms with Crippen LogP contribution in [-0.4, -0.2) is 34.2 Å². The number of ether oxygens (including phenoxy) is 1. The van der Waals surface area contributed by atoms with Crippen molar-refractivity contribution in [2.45, 2.75) is 18.6 Å². The van der Waals surface area contributed by atoms with E-state index in [9.17, 15) is 14.4 Å². The molecule has 0 radical (unpaired) electrons. The average molecular weight is 374 g/mol. The van der Waals surface area contributed by atoms with E-state index < -0.39 is 0 Å². The van der Waals surface area contributed by atoms with Gasteiger partial charge in [0.15, 0.2) is 5.16 Å². The van der Waals surface area contributed by atoms with Crippen molar-refractivity contribution < 1.29 is 14.3 Å². The molecule has 0 aliphatic carbocycles. The fourth-order valence-corrected chi connectivity index (χ4v) is 3.69. The minimum atomic E-state index is -0.386. The highest BCUT2D eigenvalue weighted by molar-refractivity contribution is 7.99. The lowest BCUT2D eigenvalue weighted by molar-refractivity contribution is -0.119. The largest absolute Gasteiger partial charge is 0.495 e. The summed E-state index contributed by atoms with van der Waals surface area (Å²) in [4.78, 5) is 40.0. The summed E-state index contributed by atoms with van der Waals surface area (Å²) in [6, 6.07) is 6.37. The third-order valence-corrected chi connectivity index (χ3v) is 5.02. The van der Waals surface area contributed by atoms with Crippen LogP contribution in [-0.2, 0) is 16.1 Å². The van der Waals surface area contributed by atoms with Crippen molar-refractivity contribution >= 4 is 35.0 Å². The molecule has 0 spiro atoms. The maximum absolute atomic E-state index is 12.7. The first kappa shape index (κ1) is 18.0. The lowest BCUT2D eigenvalue weighted by atomic mass is 10.1. The van der Waals surface area contributed by atoms with Crippen LogP contribution < -0.4 is 20.9 Å². The minimum absolute atomic E-state index is 0.176. The molecule has 0 fully saturated rings. The molecular formula is C17H18N4O4S. The third kappa shape index (κ3) is 3.88. The Hall–Kier alpha value is -2.81. The van der Waals surface area contributed by atoms with Crippen LogP contribution in [0.15, 0.2) is 40.4 Å². The molecule has 1 unspecified atom stereocenters. The van der Waals surface area contributed by atoms with Crippen molar-refractivity contribution in [1.29, 1.82) is 0 Å². The first-order chi connectivity index (χ1) is 12.5. The second-order valence-corrected chi connectivity index (χ2v) is 6.76. The van der Waals surface area contributed by atoms with Gasteiger partial charge in [0.2, 0.25) is 11.8 Å². The molecule has 0 saturated carbocycles. The number of nitrogens with zero attached hydrogens (tertiary/aromatic N) is 2. The smallest absolute Gasteiger partial charge is 0.254 e. The fourth-order valence-electron chi connectivity index (χ4n) is 2.63. The van der Waals surface area contributed by atoms with Crippen molar-refractivity contribution in [3.8, 4) is 5.75 Å². The Balaban J connectivity index is 1.79. The van der Waals surface area contributed by atoms with Crippen LogP contribution in [0.4, 0.5) is 11.4 Å². The van der Waals surface area contributed by atoms with Crippen LogP contribution in [0.2, 0.25) is 0 Å². The number of anilines is 2. The number of hydrogen-bond acceptors (Lipinski definition) is 6. The van der Waals surface area contributed by atoms with Crippen molar-refractivity contribution in [2.24, 2.45) is 5.92 Å². The maximum atomic E-state index is 12.7. The van der Waals surface area contributed by atoms with Gasteiger partial charge in [-0.25, -0.2) is 4.98 Å². The number of hydrogen-bond donors (Lipinski definition) is 2. The molecule has 2 heterocycles. The summed E-state index contributed by atoms with van der Waals surface area (Å²) in [5.74, 6) is 0.186. The molecule has 1 atom stereocenters. The van der Waals surface area contributed by atoms with Gasteiger partial charge in [0, 0.05) is 37.2 Å². The van der Waals surface area contributed by atoms with Gasteiger partial charge in [-0.3, -0.25) is 19.0 Å². The van der Waals surface area contributed by atoms with Gasteiger partial charge in [-0.1, -0.05) is 11.8 Å². The zero-order valence-electron chi connectivity index (χ0n) is 14.3. The summed E-state index contributed by atoms with van der Waals surface area (Å²) in [7, 11) is 1.50. The van der Waals surface area contributed by atoms with E-state index in [-0.39, 0.29) is 29.8 Å². The lowest BCUT2D eigenvalue weighted by Crippen LogP contribution is -2.36. The zero-order valence-corrected chi connectivity index (χ0v) is 15.1. The molecule has 2 aromatic rings. The zero-order chi connectivity index (χ0) is 18.7. The lowest BCUT2D eigenvalue weighted by Gasteiger charge is -2.24. The van der Waals surface area contributed by atoms with Crippen molar-refractivity contribution in [2.75, 3.05) is 23.5 Å². The second-order valence-electron chi connectivity index (χ2n) is 5.77. The van der Waals surface area contributed by atoms with Gasteiger partial charge in [0.05, 0.1) is 18.7 Å². The van der Waals surface area contributed by atoms with Gasteiger partial charge >= 0.3 is 0 Å². The molecule has 136 valence electrons. The predicted octanol–water partition coefficient (Wildman–Crippen LogP) is 1.57. The number of aromatic nitrogens is 2. The summed E-state index contributed by atoms with van der Waals surface area (Å²) in [5.41, 5.74) is 0.834. The first-order valence-electron chi connectivity index (χ1n) is 7.93. The summed E-state index contributed by atoms with van der Waals surface area (Å²) in [6.45, 7) is 1.68. The van der Waals surface area contributed by atoms with Gasteiger partial charge in [-0.05, 0) is 18.2 Å². The highest BCUT2D eigenvalue weighted by atomic mass is 32.2. The number of thioether (sulfide) groups is 1. The number of fused-ring (bicyclic) bond motifs is 1. The fraction of sp³-hybridized carbons (Fsp3) is 0.294. The van der Waals surface area contributed by atoms with Crippen LogP contribution in [0.1, 0.15) is 6.92 Å². The molecule has 26 heavy (non-hydrogen) atoms. The Morgan fingerprint density at radius 2 is 2.12 bits per heavy atom. The van der Waals surface area contributed by atoms with Crippen LogP contribution in [0.5, 0.6) is 5.75 Å². The number of carbonyl (C=O) groups excluding carboxylic acids is 2. The Kier molecular flexibility index (Phi) is 5.27. The van der Waals surface area contributed by atoms with Crippen LogP contribution in [0.25, 0.3) is 0 Å². The summed E-state index contributed by atoms with van der Waals surface area (Å²) >= 11 is 1.37. The Morgan fingerprint density at radius 1 is 1.31 bits per heavy atom. The highest BCUT2D eigenvalue weighted by Crippen LogP contribution is 2.30. The van der Waals surface area contributed by atoms with E-state index in [1.54, 1.807) is 18.2 Å². The first-order valence-corrected chi connectivity index (χ1v) is 8.91.